The average molecular weight is 431 g/mol. The van der Waals surface area contributed by atoms with Gasteiger partial charge in [-0.1, -0.05) is 6.42 Å². The van der Waals surface area contributed by atoms with Gasteiger partial charge in [-0.3, -0.25) is 14.5 Å². The van der Waals surface area contributed by atoms with Crippen LogP contribution in [0.2, 0.25) is 0 Å². The number of nitrogens with zero attached hydrogens (tertiary/aromatic N) is 5. The lowest BCUT2D eigenvalue weighted by atomic mass is 10.0. The van der Waals surface area contributed by atoms with E-state index in [4.69, 9.17) is 4.74 Å². The quantitative estimate of drug-likeness (QED) is 0.773. The summed E-state index contributed by atoms with van der Waals surface area (Å²) in [5, 5.41) is 5.27. The lowest BCUT2D eigenvalue weighted by Crippen LogP contribution is -2.41. The van der Waals surface area contributed by atoms with Crippen LogP contribution in [0.5, 0.6) is 0 Å². The summed E-state index contributed by atoms with van der Waals surface area (Å²) in [6.07, 6.45) is 6.29. The number of hydrogen-bond acceptors (Lipinski definition) is 8. The number of aryl methyl sites for hydroxylation is 1. The van der Waals surface area contributed by atoms with E-state index in [0.29, 0.717) is 48.5 Å². The number of nitrogens with one attached hydrogen (secondary N) is 1. The van der Waals surface area contributed by atoms with Gasteiger partial charge in [0.2, 0.25) is 5.91 Å². The Morgan fingerprint density at radius 2 is 2.07 bits per heavy atom. The molecule has 4 heterocycles. The van der Waals surface area contributed by atoms with Crippen molar-refractivity contribution >= 4 is 28.3 Å². The van der Waals surface area contributed by atoms with Gasteiger partial charge >= 0.3 is 0 Å². The lowest BCUT2D eigenvalue weighted by molar-refractivity contribution is -0.118. The summed E-state index contributed by atoms with van der Waals surface area (Å²) >= 11 is 1.40. The van der Waals surface area contributed by atoms with Crippen molar-refractivity contribution in [3.05, 3.63) is 34.9 Å². The van der Waals surface area contributed by atoms with Crippen molar-refractivity contribution < 1.29 is 14.3 Å². The number of anilines is 1. The highest BCUT2D eigenvalue weighted by atomic mass is 32.1. The van der Waals surface area contributed by atoms with Crippen molar-refractivity contribution in [2.75, 3.05) is 44.7 Å². The summed E-state index contributed by atoms with van der Waals surface area (Å²) in [5.41, 5.74) is 1.21. The SMILES string of the molecule is Cc1nc([C@@H]2CCCCN2CC(=O)Nc2nccs2)ncc1C(=O)N1CCOCC1. The first kappa shape index (κ1) is 20.8. The first-order chi connectivity index (χ1) is 14.6. The Balaban J connectivity index is 1.46. The Labute approximate surface area is 179 Å². The molecule has 2 fully saturated rings. The normalized spacial score (nSPS) is 20.2. The number of piperidine rings is 1. The number of aromatic nitrogens is 3. The Bertz CT molecular complexity index is 885. The molecule has 2 aromatic heterocycles. The topological polar surface area (TPSA) is 101 Å². The molecular formula is C20H26N6O3S. The van der Waals surface area contributed by atoms with E-state index >= 15 is 0 Å². The van der Waals surface area contributed by atoms with Crippen molar-refractivity contribution in [1.82, 2.24) is 24.8 Å². The Morgan fingerprint density at radius 3 is 2.80 bits per heavy atom. The van der Waals surface area contributed by atoms with E-state index in [-0.39, 0.29) is 24.4 Å². The summed E-state index contributed by atoms with van der Waals surface area (Å²) in [7, 11) is 0. The molecule has 2 amide bonds. The van der Waals surface area contributed by atoms with Crippen LogP contribution in [-0.4, -0.2) is 76.0 Å². The number of hydrogen-bond donors (Lipinski definition) is 1. The summed E-state index contributed by atoms with van der Waals surface area (Å²) in [6, 6.07) is -0.0352. The number of rotatable bonds is 5. The Kier molecular flexibility index (Phi) is 6.66. The third-order valence-electron chi connectivity index (χ3n) is 5.46. The predicted molar refractivity (Wildman–Crippen MR) is 112 cm³/mol. The van der Waals surface area contributed by atoms with E-state index in [1.54, 1.807) is 17.3 Å². The second-order valence-corrected chi connectivity index (χ2v) is 8.39. The Hall–Kier alpha value is -2.43. The molecule has 0 aromatic carbocycles. The van der Waals surface area contributed by atoms with E-state index in [1.165, 1.54) is 11.3 Å². The van der Waals surface area contributed by atoms with E-state index in [1.807, 2.05) is 12.3 Å². The molecule has 4 rings (SSSR count). The third kappa shape index (κ3) is 4.82. The fourth-order valence-corrected chi connectivity index (χ4v) is 4.44. The van der Waals surface area contributed by atoms with Crippen molar-refractivity contribution in [2.45, 2.75) is 32.2 Å². The predicted octanol–water partition coefficient (Wildman–Crippen LogP) is 1.88. The standard InChI is InChI=1S/C20H26N6O3S/c1-14-15(19(28)25-7-9-29-10-8-25)12-22-18(23-14)16-4-2-3-6-26(16)13-17(27)24-20-21-5-11-30-20/h5,11-12,16H,2-4,6-10,13H2,1H3,(H,21,24,27)/t16-/m0/s1. The van der Waals surface area contributed by atoms with Gasteiger partial charge in [-0.2, -0.15) is 0 Å². The van der Waals surface area contributed by atoms with Crippen LogP contribution in [0.15, 0.2) is 17.8 Å². The van der Waals surface area contributed by atoms with Gasteiger partial charge in [0.1, 0.15) is 5.82 Å². The van der Waals surface area contributed by atoms with Gasteiger partial charge in [0.15, 0.2) is 5.13 Å². The zero-order valence-electron chi connectivity index (χ0n) is 17.0. The molecule has 0 unspecified atom stereocenters. The number of thiazole rings is 1. The van der Waals surface area contributed by atoms with Crippen LogP contribution < -0.4 is 5.32 Å². The maximum Gasteiger partial charge on any atom is 0.257 e. The van der Waals surface area contributed by atoms with E-state index in [9.17, 15) is 9.59 Å². The van der Waals surface area contributed by atoms with Crippen LogP contribution >= 0.6 is 11.3 Å². The van der Waals surface area contributed by atoms with Gasteiger partial charge in [-0.15, -0.1) is 11.3 Å². The second-order valence-electron chi connectivity index (χ2n) is 7.50. The molecule has 2 aliphatic rings. The fourth-order valence-electron chi connectivity index (χ4n) is 3.89. The van der Waals surface area contributed by atoms with Crippen LogP contribution in [0.25, 0.3) is 0 Å². The van der Waals surface area contributed by atoms with Crippen molar-refractivity contribution in [3.63, 3.8) is 0 Å². The van der Waals surface area contributed by atoms with Crippen LogP contribution in [0.4, 0.5) is 5.13 Å². The fraction of sp³-hybridized carbons (Fsp3) is 0.550. The van der Waals surface area contributed by atoms with Gasteiger partial charge in [0.05, 0.1) is 37.1 Å². The molecule has 9 nitrogen and oxygen atoms in total. The number of carbonyl (C=O) groups is 2. The molecule has 10 heteroatoms. The van der Waals surface area contributed by atoms with Gasteiger partial charge < -0.3 is 15.0 Å². The third-order valence-corrected chi connectivity index (χ3v) is 6.15. The number of carbonyl (C=O) groups excluding carboxylic acids is 2. The molecule has 0 bridgehead atoms. The van der Waals surface area contributed by atoms with Crippen molar-refractivity contribution in [1.29, 1.82) is 0 Å². The maximum absolute atomic E-state index is 12.8. The number of morpholine rings is 1. The first-order valence-corrected chi connectivity index (χ1v) is 11.1. The molecular weight excluding hydrogens is 404 g/mol. The molecule has 0 radical (unpaired) electrons. The van der Waals surface area contributed by atoms with Gasteiger partial charge in [0, 0.05) is 30.9 Å². The second kappa shape index (κ2) is 9.59. The molecule has 1 N–H and O–H groups in total. The van der Waals surface area contributed by atoms with Crippen LogP contribution in [0.1, 0.15) is 47.2 Å². The van der Waals surface area contributed by atoms with Crippen LogP contribution in [0.3, 0.4) is 0 Å². The summed E-state index contributed by atoms with van der Waals surface area (Å²) < 4.78 is 5.32. The lowest BCUT2D eigenvalue weighted by Gasteiger charge is -2.34. The summed E-state index contributed by atoms with van der Waals surface area (Å²) in [5.74, 6) is 0.533. The number of likely N-dealkylation sites (tertiary alicyclic amines) is 1. The van der Waals surface area contributed by atoms with E-state index < -0.39 is 0 Å². The molecule has 2 aromatic rings. The molecule has 2 aliphatic heterocycles. The Morgan fingerprint density at radius 1 is 1.23 bits per heavy atom. The van der Waals surface area contributed by atoms with Gasteiger partial charge in [0.25, 0.3) is 5.91 Å². The number of ether oxygens (including phenoxy) is 1. The largest absolute Gasteiger partial charge is 0.378 e. The summed E-state index contributed by atoms with van der Waals surface area (Å²) in [6.45, 7) is 5.22. The zero-order valence-corrected chi connectivity index (χ0v) is 17.9. The summed E-state index contributed by atoms with van der Waals surface area (Å²) in [4.78, 5) is 42.5. The van der Waals surface area contributed by atoms with Gasteiger partial charge in [-0.25, -0.2) is 15.0 Å². The molecule has 0 saturated carbocycles. The molecule has 1 atom stereocenters. The smallest absolute Gasteiger partial charge is 0.257 e. The minimum atomic E-state index is -0.0901. The van der Waals surface area contributed by atoms with E-state index in [0.717, 1.165) is 25.8 Å². The monoisotopic (exact) mass is 430 g/mol. The first-order valence-electron chi connectivity index (χ1n) is 10.3. The molecule has 160 valence electrons. The molecule has 0 spiro atoms. The van der Waals surface area contributed by atoms with Crippen molar-refractivity contribution in [3.8, 4) is 0 Å². The maximum atomic E-state index is 12.8. The minimum Gasteiger partial charge on any atom is -0.378 e. The van der Waals surface area contributed by atoms with E-state index in [2.05, 4.69) is 25.2 Å². The number of amides is 2. The highest BCUT2D eigenvalue weighted by Crippen LogP contribution is 2.29. The van der Waals surface area contributed by atoms with Gasteiger partial charge in [-0.05, 0) is 26.3 Å². The van der Waals surface area contributed by atoms with Crippen LogP contribution in [0, 0.1) is 6.92 Å². The minimum absolute atomic E-state index is 0.0352. The van der Waals surface area contributed by atoms with Crippen LogP contribution in [-0.2, 0) is 9.53 Å². The zero-order chi connectivity index (χ0) is 20.9. The van der Waals surface area contributed by atoms with Crippen molar-refractivity contribution in [2.24, 2.45) is 0 Å². The average Bonchev–Trinajstić information content (AvgIpc) is 3.27. The molecule has 0 aliphatic carbocycles. The highest BCUT2D eigenvalue weighted by Gasteiger charge is 2.29. The highest BCUT2D eigenvalue weighted by molar-refractivity contribution is 7.13. The molecule has 2 saturated heterocycles. The molecule has 30 heavy (non-hydrogen) atoms.